The summed E-state index contributed by atoms with van der Waals surface area (Å²) in [5, 5.41) is 23.7. The number of nitrogens with zero attached hydrogens (tertiary/aromatic N) is 6. The standard InChI is InChI=1S/C32H32FN7O3S2/c1-18-21-7-5-12-40(29(21)38-37-28(18)36-31-34-23-8-3-4-9-25(23)44-31)32-35-27(30(41)42)26(45-32)10-6-14-43-24-16-20-17-39(2)13-11-19(20)15-22(24)33/h3-4,8-9,15-16H,5-7,10-14,17H2,1-2H3,(H,41,42)(H,34,36,37). The molecule has 5 aromatic rings. The number of aromatic nitrogens is 4. The van der Waals surface area contributed by atoms with Crippen molar-refractivity contribution in [2.45, 2.75) is 45.6 Å². The van der Waals surface area contributed by atoms with Crippen molar-refractivity contribution in [1.29, 1.82) is 0 Å². The third-order valence-corrected chi connectivity index (χ3v) is 10.4. The first-order valence-electron chi connectivity index (χ1n) is 15.0. The molecular formula is C32H32FN7O3S2. The molecule has 2 N–H and O–H groups in total. The number of carboxylic acid groups (broad SMARTS) is 1. The van der Waals surface area contributed by atoms with Crippen LogP contribution in [0, 0.1) is 12.7 Å². The number of benzene rings is 2. The predicted octanol–water partition coefficient (Wildman–Crippen LogP) is 6.52. The van der Waals surface area contributed by atoms with Crippen LogP contribution in [0.2, 0.25) is 0 Å². The second kappa shape index (κ2) is 12.3. The highest BCUT2D eigenvalue weighted by molar-refractivity contribution is 7.22. The lowest BCUT2D eigenvalue weighted by Gasteiger charge is -2.28. The Hall–Kier alpha value is -4.20. The van der Waals surface area contributed by atoms with E-state index in [0.717, 1.165) is 70.0 Å². The van der Waals surface area contributed by atoms with Crippen LogP contribution in [0.5, 0.6) is 5.75 Å². The maximum Gasteiger partial charge on any atom is 0.355 e. The highest BCUT2D eigenvalue weighted by Gasteiger charge is 2.28. The molecule has 232 valence electrons. The van der Waals surface area contributed by atoms with Crippen LogP contribution < -0.4 is 15.0 Å². The number of carbonyl (C=O) groups is 1. The van der Waals surface area contributed by atoms with Crippen molar-refractivity contribution in [3.8, 4) is 5.75 Å². The van der Waals surface area contributed by atoms with Gasteiger partial charge in [0.1, 0.15) is 0 Å². The van der Waals surface area contributed by atoms with Crippen LogP contribution in [0.4, 0.5) is 26.3 Å². The molecular weight excluding hydrogens is 614 g/mol. The van der Waals surface area contributed by atoms with Crippen molar-refractivity contribution >= 4 is 60.8 Å². The number of aryl methyl sites for hydroxylation is 1. The molecule has 7 rings (SSSR count). The first kappa shape index (κ1) is 29.5. The van der Waals surface area contributed by atoms with Crippen LogP contribution in [0.3, 0.4) is 0 Å². The van der Waals surface area contributed by atoms with Gasteiger partial charge in [0, 0.05) is 35.6 Å². The van der Waals surface area contributed by atoms with E-state index in [-0.39, 0.29) is 23.9 Å². The summed E-state index contributed by atoms with van der Waals surface area (Å²) in [6.45, 7) is 4.62. The van der Waals surface area contributed by atoms with E-state index in [1.807, 2.05) is 43.1 Å². The third-order valence-electron chi connectivity index (χ3n) is 8.29. The Bertz CT molecular complexity index is 1880. The lowest BCUT2D eigenvalue weighted by molar-refractivity contribution is 0.0690. The van der Waals surface area contributed by atoms with Gasteiger partial charge in [0.2, 0.25) is 0 Å². The Morgan fingerprint density at radius 2 is 1.98 bits per heavy atom. The lowest BCUT2D eigenvalue weighted by Crippen LogP contribution is -2.27. The van der Waals surface area contributed by atoms with E-state index >= 15 is 0 Å². The Kier molecular flexibility index (Phi) is 8.06. The van der Waals surface area contributed by atoms with Gasteiger partial charge in [0.15, 0.2) is 39.2 Å². The molecule has 0 amide bonds. The lowest BCUT2D eigenvalue weighted by atomic mass is 9.99. The van der Waals surface area contributed by atoms with Gasteiger partial charge in [0.05, 0.1) is 16.8 Å². The van der Waals surface area contributed by atoms with E-state index < -0.39 is 5.97 Å². The molecule has 0 saturated heterocycles. The van der Waals surface area contributed by atoms with Crippen LogP contribution in [-0.2, 0) is 25.8 Å². The first-order valence-corrected chi connectivity index (χ1v) is 16.6. The van der Waals surface area contributed by atoms with Gasteiger partial charge in [-0.2, -0.15) is 0 Å². The topological polar surface area (TPSA) is 117 Å². The second-order valence-electron chi connectivity index (χ2n) is 11.4. The van der Waals surface area contributed by atoms with Crippen LogP contribution in [-0.4, -0.2) is 62.9 Å². The fourth-order valence-corrected chi connectivity index (χ4v) is 7.91. The van der Waals surface area contributed by atoms with Crippen LogP contribution in [0.25, 0.3) is 10.2 Å². The summed E-state index contributed by atoms with van der Waals surface area (Å²) in [6, 6.07) is 11.4. The van der Waals surface area contributed by atoms with E-state index in [1.165, 1.54) is 11.3 Å². The minimum atomic E-state index is -1.08. The van der Waals surface area contributed by atoms with E-state index in [2.05, 4.69) is 30.4 Å². The van der Waals surface area contributed by atoms with Gasteiger partial charge in [-0.05, 0) is 81.5 Å². The zero-order valence-electron chi connectivity index (χ0n) is 25.0. The van der Waals surface area contributed by atoms with Crippen molar-refractivity contribution in [2.24, 2.45) is 0 Å². The minimum absolute atomic E-state index is 0.0314. The Labute approximate surface area is 267 Å². The summed E-state index contributed by atoms with van der Waals surface area (Å²) in [4.78, 5) is 26.2. The van der Waals surface area contributed by atoms with Gasteiger partial charge >= 0.3 is 5.97 Å². The predicted molar refractivity (Wildman–Crippen MR) is 174 cm³/mol. The zero-order chi connectivity index (χ0) is 31.1. The number of likely N-dealkylation sites (N-methyl/N-ethyl adjacent to an activating group) is 1. The Balaban J connectivity index is 1.06. The third kappa shape index (κ3) is 5.95. The monoisotopic (exact) mass is 645 g/mol. The van der Waals surface area contributed by atoms with Crippen molar-refractivity contribution < 1.29 is 19.0 Å². The molecule has 0 spiro atoms. The SMILES string of the molecule is Cc1c(Nc2nc3ccccc3s2)nnc2c1CCCN2c1nc(C(=O)O)c(CCCOc2cc3c(cc2F)CCN(C)C3)s1. The molecule has 0 aliphatic carbocycles. The molecule has 2 aliphatic rings. The number of carboxylic acids is 1. The summed E-state index contributed by atoms with van der Waals surface area (Å²) in [5.74, 6) is 0.158. The molecule has 0 bridgehead atoms. The fourth-order valence-electron chi connectivity index (χ4n) is 5.93. The minimum Gasteiger partial charge on any atom is -0.490 e. The smallest absolute Gasteiger partial charge is 0.355 e. The molecule has 0 unspecified atom stereocenters. The highest BCUT2D eigenvalue weighted by Crippen LogP contribution is 2.39. The number of anilines is 4. The highest BCUT2D eigenvalue weighted by atomic mass is 32.1. The van der Waals surface area contributed by atoms with Crippen molar-refractivity contribution in [3.05, 3.63) is 75.0 Å². The summed E-state index contributed by atoms with van der Waals surface area (Å²) >= 11 is 2.91. The van der Waals surface area contributed by atoms with E-state index in [4.69, 9.17) is 4.74 Å². The average molecular weight is 646 g/mol. The van der Waals surface area contributed by atoms with E-state index in [0.29, 0.717) is 41.0 Å². The maximum absolute atomic E-state index is 14.7. The molecule has 0 radical (unpaired) electrons. The molecule has 2 aliphatic heterocycles. The molecule has 10 nitrogen and oxygen atoms in total. The molecule has 45 heavy (non-hydrogen) atoms. The van der Waals surface area contributed by atoms with Crippen LogP contribution >= 0.6 is 22.7 Å². The van der Waals surface area contributed by atoms with E-state index in [9.17, 15) is 14.3 Å². The number of fused-ring (bicyclic) bond motifs is 3. The summed E-state index contributed by atoms with van der Waals surface area (Å²) in [7, 11) is 2.05. The normalized spacial score (nSPS) is 14.8. The average Bonchev–Trinajstić information content (AvgIpc) is 3.65. The fraction of sp³-hybridized carbons (Fsp3) is 0.344. The number of nitrogens with one attached hydrogen (secondary N) is 1. The first-order chi connectivity index (χ1) is 21.8. The number of halogens is 1. The van der Waals surface area contributed by atoms with Gasteiger partial charge in [-0.25, -0.2) is 19.2 Å². The molecule has 2 aromatic carbocycles. The molecule has 3 aromatic heterocycles. The molecule has 13 heteroatoms. The molecule has 0 fully saturated rings. The van der Waals surface area contributed by atoms with Crippen LogP contribution in [0.1, 0.15) is 50.5 Å². The van der Waals surface area contributed by atoms with Gasteiger partial charge in [-0.1, -0.05) is 23.5 Å². The maximum atomic E-state index is 14.7. The van der Waals surface area contributed by atoms with Gasteiger partial charge in [-0.15, -0.1) is 21.5 Å². The molecule has 0 saturated carbocycles. The summed E-state index contributed by atoms with van der Waals surface area (Å²) < 4.78 is 21.6. The van der Waals surface area contributed by atoms with Gasteiger partial charge in [0.25, 0.3) is 0 Å². The van der Waals surface area contributed by atoms with Gasteiger partial charge in [-0.3, -0.25) is 0 Å². The van der Waals surface area contributed by atoms with Crippen molar-refractivity contribution in [2.75, 3.05) is 37.0 Å². The number of thiazole rings is 2. The van der Waals surface area contributed by atoms with Gasteiger partial charge < -0.3 is 25.0 Å². The number of rotatable bonds is 9. The van der Waals surface area contributed by atoms with E-state index in [1.54, 1.807) is 23.5 Å². The Morgan fingerprint density at radius 3 is 2.82 bits per heavy atom. The number of para-hydroxylation sites is 1. The van der Waals surface area contributed by atoms with Crippen molar-refractivity contribution in [3.63, 3.8) is 0 Å². The molecule has 5 heterocycles. The number of ether oxygens (including phenoxy) is 1. The Morgan fingerprint density at radius 1 is 1.11 bits per heavy atom. The largest absolute Gasteiger partial charge is 0.490 e. The quantitative estimate of drug-likeness (QED) is 0.172. The summed E-state index contributed by atoms with van der Waals surface area (Å²) in [6.07, 6.45) is 3.50. The number of hydrogen-bond donors (Lipinski definition) is 2. The van der Waals surface area contributed by atoms with Crippen LogP contribution in [0.15, 0.2) is 36.4 Å². The number of aromatic carboxylic acids is 1. The molecule has 0 atom stereocenters. The van der Waals surface area contributed by atoms with Crippen molar-refractivity contribution in [1.82, 2.24) is 25.1 Å². The number of hydrogen-bond acceptors (Lipinski definition) is 11. The summed E-state index contributed by atoms with van der Waals surface area (Å²) in [5.41, 5.74) is 5.11. The second-order valence-corrected chi connectivity index (χ2v) is 13.5. The zero-order valence-corrected chi connectivity index (χ0v) is 26.6.